The molecule has 0 unspecified atom stereocenters. The highest BCUT2D eigenvalue weighted by atomic mass is 19.1. The van der Waals surface area contributed by atoms with Crippen molar-refractivity contribution >= 4 is 5.91 Å². The molecule has 2 aliphatic rings. The number of benzene rings is 2. The normalized spacial score (nSPS) is 23.4. The topological polar surface area (TPSA) is 50.8 Å². The first-order chi connectivity index (χ1) is 13.6. The molecule has 28 heavy (non-hydrogen) atoms. The van der Waals surface area contributed by atoms with Crippen LogP contribution in [-0.2, 0) is 9.53 Å². The summed E-state index contributed by atoms with van der Waals surface area (Å²) < 4.78 is 24.6. The van der Waals surface area contributed by atoms with Gasteiger partial charge in [0, 0.05) is 18.7 Å². The molecule has 2 aromatic carbocycles. The summed E-state index contributed by atoms with van der Waals surface area (Å²) in [6.45, 7) is 5.26. The minimum atomic E-state index is -0.372. The van der Waals surface area contributed by atoms with Crippen molar-refractivity contribution in [1.82, 2.24) is 10.2 Å². The highest BCUT2D eigenvalue weighted by Gasteiger charge is 2.37. The van der Waals surface area contributed by atoms with E-state index in [9.17, 15) is 9.18 Å². The lowest BCUT2D eigenvalue weighted by atomic mass is 9.93. The Morgan fingerprint density at radius 2 is 1.86 bits per heavy atom. The van der Waals surface area contributed by atoms with Crippen molar-refractivity contribution in [3.05, 3.63) is 65.5 Å². The largest absolute Gasteiger partial charge is 0.491 e. The van der Waals surface area contributed by atoms with Gasteiger partial charge in [0.25, 0.3) is 0 Å². The Morgan fingerprint density at radius 1 is 1.14 bits per heavy atom. The van der Waals surface area contributed by atoms with Crippen LogP contribution < -0.4 is 10.1 Å². The first-order valence-corrected chi connectivity index (χ1v) is 9.73. The zero-order valence-electron chi connectivity index (χ0n) is 15.9. The average Bonchev–Trinajstić information content (AvgIpc) is 2.74. The summed E-state index contributed by atoms with van der Waals surface area (Å²) in [5.74, 6) is 0.109. The number of hydrogen-bond acceptors (Lipinski definition) is 4. The van der Waals surface area contributed by atoms with Gasteiger partial charge in [0.1, 0.15) is 18.2 Å². The summed E-state index contributed by atoms with van der Waals surface area (Å²) in [6, 6.07) is 14.0. The summed E-state index contributed by atoms with van der Waals surface area (Å²) in [5.41, 5.74) is 1.88. The van der Waals surface area contributed by atoms with Crippen LogP contribution in [0, 0.1) is 5.82 Å². The highest BCUT2D eigenvalue weighted by Crippen LogP contribution is 2.36. The smallest absolute Gasteiger partial charge is 0.227 e. The monoisotopic (exact) mass is 384 g/mol. The van der Waals surface area contributed by atoms with E-state index in [0.717, 1.165) is 30.0 Å². The zero-order chi connectivity index (χ0) is 19.5. The molecule has 2 heterocycles. The second kappa shape index (κ2) is 8.29. The molecule has 0 radical (unpaired) electrons. The van der Waals surface area contributed by atoms with E-state index in [0.29, 0.717) is 19.8 Å². The van der Waals surface area contributed by atoms with Crippen LogP contribution in [0.3, 0.4) is 0 Å². The van der Waals surface area contributed by atoms with Crippen LogP contribution in [0.2, 0.25) is 0 Å². The molecule has 1 saturated heterocycles. The number of carbonyl (C=O) groups excluding carboxylic acids is 1. The van der Waals surface area contributed by atoms with Gasteiger partial charge in [-0.15, -0.1) is 0 Å². The minimum absolute atomic E-state index is 0.0400. The van der Waals surface area contributed by atoms with Crippen LogP contribution in [0.4, 0.5) is 4.39 Å². The second-order valence-corrected chi connectivity index (χ2v) is 7.33. The Morgan fingerprint density at radius 3 is 2.61 bits per heavy atom. The number of para-hydroxylation sites is 1. The van der Waals surface area contributed by atoms with Crippen molar-refractivity contribution in [2.24, 2.45) is 0 Å². The van der Waals surface area contributed by atoms with E-state index in [1.54, 1.807) is 12.1 Å². The van der Waals surface area contributed by atoms with Crippen molar-refractivity contribution in [1.29, 1.82) is 0 Å². The SMILES string of the molecule is C[C@H](C(=O)N[C@H]1COc2ccccc2[C@@H]1N1CCOCC1)c1ccc(F)cc1. The Bertz CT molecular complexity index is 821. The Kier molecular flexibility index (Phi) is 5.59. The molecule has 1 amide bonds. The molecule has 0 saturated carbocycles. The van der Waals surface area contributed by atoms with Crippen molar-refractivity contribution < 1.29 is 18.7 Å². The Labute approximate surface area is 164 Å². The molecule has 2 aromatic rings. The van der Waals surface area contributed by atoms with E-state index >= 15 is 0 Å². The maximum atomic E-state index is 13.2. The lowest BCUT2D eigenvalue weighted by Crippen LogP contribution is -2.54. The van der Waals surface area contributed by atoms with Gasteiger partial charge >= 0.3 is 0 Å². The van der Waals surface area contributed by atoms with Gasteiger partial charge in [-0.25, -0.2) is 4.39 Å². The number of morpholine rings is 1. The van der Waals surface area contributed by atoms with Gasteiger partial charge in [-0.1, -0.05) is 30.3 Å². The summed E-state index contributed by atoms with van der Waals surface area (Å²) in [5, 5.41) is 3.18. The number of halogens is 1. The number of rotatable bonds is 4. The third-order valence-electron chi connectivity index (χ3n) is 5.57. The lowest BCUT2D eigenvalue weighted by Gasteiger charge is -2.42. The van der Waals surface area contributed by atoms with Gasteiger partial charge in [0.2, 0.25) is 5.91 Å². The number of hydrogen-bond donors (Lipinski definition) is 1. The predicted octanol–water partition coefficient (Wildman–Crippen LogP) is 2.88. The summed E-state index contributed by atoms with van der Waals surface area (Å²) in [6.07, 6.45) is 0. The summed E-state index contributed by atoms with van der Waals surface area (Å²) in [7, 11) is 0. The maximum absolute atomic E-state index is 13.2. The number of amides is 1. The number of carbonyl (C=O) groups is 1. The predicted molar refractivity (Wildman–Crippen MR) is 104 cm³/mol. The van der Waals surface area contributed by atoms with Gasteiger partial charge < -0.3 is 14.8 Å². The molecule has 0 aliphatic carbocycles. The fourth-order valence-electron chi connectivity index (χ4n) is 3.98. The fraction of sp³-hybridized carbons (Fsp3) is 0.409. The van der Waals surface area contributed by atoms with Gasteiger partial charge in [-0.05, 0) is 30.7 Å². The van der Waals surface area contributed by atoms with Crippen LogP contribution in [0.5, 0.6) is 5.75 Å². The maximum Gasteiger partial charge on any atom is 0.227 e. The van der Waals surface area contributed by atoms with E-state index in [1.165, 1.54) is 12.1 Å². The molecular weight excluding hydrogens is 359 g/mol. The highest BCUT2D eigenvalue weighted by molar-refractivity contribution is 5.83. The third kappa shape index (κ3) is 3.88. The van der Waals surface area contributed by atoms with Gasteiger partial charge in [0.05, 0.1) is 31.2 Å². The molecule has 1 N–H and O–H groups in total. The molecule has 2 aliphatic heterocycles. The number of nitrogens with one attached hydrogen (secondary N) is 1. The van der Waals surface area contributed by atoms with E-state index < -0.39 is 0 Å². The van der Waals surface area contributed by atoms with Crippen LogP contribution in [0.1, 0.15) is 30.0 Å². The first kappa shape index (κ1) is 18.9. The van der Waals surface area contributed by atoms with E-state index in [4.69, 9.17) is 9.47 Å². The van der Waals surface area contributed by atoms with Crippen LogP contribution in [0.25, 0.3) is 0 Å². The zero-order valence-corrected chi connectivity index (χ0v) is 15.9. The molecule has 6 heteroatoms. The fourth-order valence-corrected chi connectivity index (χ4v) is 3.98. The number of nitrogens with zero attached hydrogens (tertiary/aromatic N) is 1. The molecule has 5 nitrogen and oxygen atoms in total. The second-order valence-electron chi connectivity index (χ2n) is 7.33. The molecule has 0 aromatic heterocycles. The first-order valence-electron chi connectivity index (χ1n) is 9.73. The van der Waals surface area contributed by atoms with Crippen molar-refractivity contribution in [3.63, 3.8) is 0 Å². The quantitative estimate of drug-likeness (QED) is 0.881. The van der Waals surface area contributed by atoms with Crippen LogP contribution >= 0.6 is 0 Å². The van der Waals surface area contributed by atoms with Gasteiger partial charge in [-0.3, -0.25) is 9.69 Å². The molecule has 4 rings (SSSR count). The Hall–Kier alpha value is -2.44. The van der Waals surface area contributed by atoms with Crippen LogP contribution in [0.15, 0.2) is 48.5 Å². The summed E-state index contributed by atoms with van der Waals surface area (Å²) >= 11 is 0. The van der Waals surface area contributed by atoms with E-state index in [1.807, 2.05) is 25.1 Å². The molecule has 3 atom stereocenters. The molecule has 0 bridgehead atoms. The van der Waals surface area contributed by atoms with Crippen LogP contribution in [-0.4, -0.2) is 49.8 Å². The number of fused-ring (bicyclic) bond motifs is 1. The van der Waals surface area contributed by atoms with Crippen molar-refractivity contribution in [2.75, 3.05) is 32.9 Å². The van der Waals surface area contributed by atoms with E-state index in [-0.39, 0.29) is 29.7 Å². The van der Waals surface area contributed by atoms with Gasteiger partial charge in [-0.2, -0.15) is 0 Å². The van der Waals surface area contributed by atoms with Crippen molar-refractivity contribution in [2.45, 2.75) is 24.9 Å². The Balaban J connectivity index is 1.55. The minimum Gasteiger partial charge on any atom is -0.491 e. The molecular formula is C22H25FN2O3. The lowest BCUT2D eigenvalue weighted by molar-refractivity contribution is -0.124. The average molecular weight is 384 g/mol. The third-order valence-corrected chi connectivity index (χ3v) is 5.57. The van der Waals surface area contributed by atoms with Crippen molar-refractivity contribution in [3.8, 4) is 5.75 Å². The van der Waals surface area contributed by atoms with E-state index in [2.05, 4.69) is 16.3 Å². The molecule has 0 spiro atoms. The molecule has 148 valence electrons. The number of ether oxygens (including phenoxy) is 2. The standard InChI is InChI=1S/C22H25FN2O3/c1-15(16-6-8-17(23)9-7-16)22(26)24-19-14-28-20-5-3-2-4-18(20)21(19)25-10-12-27-13-11-25/h2-9,15,19,21H,10-14H2,1H3,(H,24,26)/t15-,19-,21-/m0/s1. The van der Waals surface area contributed by atoms with Gasteiger partial charge in [0.15, 0.2) is 0 Å². The summed E-state index contributed by atoms with van der Waals surface area (Å²) in [4.78, 5) is 15.3. The molecule has 1 fully saturated rings.